The summed E-state index contributed by atoms with van der Waals surface area (Å²) in [6.45, 7) is 8.42. The molecule has 0 rings (SSSR count). The molecule has 4 nitrogen and oxygen atoms in total. The van der Waals surface area contributed by atoms with Gasteiger partial charge in [0.25, 0.3) is 0 Å². The van der Waals surface area contributed by atoms with E-state index in [9.17, 15) is 8.42 Å². The number of sulfonamides is 1. The number of nitrogens with one attached hydrogen (secondary N) is 1. The fourth-order valence-electron chi connectivity index (χ4n) is 1.46. The first kappa shape index (κ1) is 13.9. The third-order valence-electron chi connectivity index (χ3n) is 2.21. The summed E-state index contributed by atoms with van der Waals surface area (Å²) >= 11 is 0. The van der Waals surface area contributed by atoms with Gasteiger partial charge in [-0.25, -0.2) is 8.42 Å². The molecule has 0 aromatic heterocycles. The second-order valence-corrected chi connectivity index (χ2v) is 6.01. The summed E-state index contributed by atoms with van der Waals surface area (Å²) in [5, 5.41) is 2.52. The molecule has 0 heterocycles. The van der Waals surface area contributed by atoms with Crippen LogP contribution in [0.2, 0.25) is 0 Å². The number of hydrogen-bond donors (Lipinski definition) is 1. The Bertz CT molecular complexity index is 250. The zero-order valence-corrected chi connectivity index (χ0v) is 10.6. The molecule has 0 spiro atoms. The quantitative estimate of drug-likeness (QED) is 0.718. The number of rotatable bonds is 6. The van der Waals surface area contributed by atoms with Crippen molar-refractivity contribution in [1.29, 1.82) is 0 Å². The van der Waals surface area contributed by atoms with Gasteiger partial charge in [-0.05, 0) is 27.8 Å². The van der Waals surface area contributed by atoms with Crippen LogP contribution in [-0.2, 0) is 10.0 Å². The summed E-state index contributed by atoms with van der Waals surface area (Å²) in [6, 6.07) is 0.0318. The molecular formula is C9H22N2O2S. The molecule has 0 aliphatic carbocycles. The molecule has 14 heavy (non-hydrogen) atoms. The zero-order chi connectivity index (χ0) is 11.4. The van der Waals surface area contributed by atoms with Gasteiger partial charge in [-0.2, -0.15) is 4.31 Å². The number of nitrogens with zero attached hydrogens (tertiary/aromatic N) is 1. The fraction of sp³-hybridized carbons (Fsp3) is 1.00. The van der Waals surface area contributed by atoms with Crippen LogP contribution in [0.3, 0.4) is 0 Å². The molecule has 1 N–H and O–H groups in total. The van der Waals surface area contributed by atoms with Crippen LogP contribution >= 0.6 is 0 Å². The fourth-order valence-corrected chi connectivity index (χ4v) is 3.25. The van der Waals surface area contributed by atoms with E-state index in [-0.39, 0.29) is 11.3 Å². The van der Waals surface area contributed by atoms with E-state index in [4.69, 9.17) is 0 Å². The Morgan fingerprint density at radius 2 is 1.79 bits per heavy atom. The molecular weight excluding hydrogens is 200 g/mol. The molecule has 0 aromatic rings. The van der Waals surface area contributed by atoms with Crippen molar-refractivity contribution in [2.24, 2.45) is 0 Å². The van der Waals surface area contributed by atoms with E-state index in [1.54, 1.807) is 14.0 Å². The predicted octanol–water partition coefficient (Wildman–Crippen LogP) is 0.654. The van der Waals surface area contributed by atoms with Gasteiger partial charge in [0.15, 0.2) is 0 Å². The lowest BCUT2D eigenvalue weighted by Gasteiger charge is -2.27. The van der Waals surface area contributed by atoms with Crippen molar-refractivity contribution in [1.82, 2.24) is 9.62 Å². The Hall–Kier alpha value is -0.130. The molecule has 0 saturated heterocycles. The summed E-state index contributed by atoms with van der Waals surface area (Å²) < 4.78 is 25.5. The highest BCUT2D eigenvalue weighted by Gasteiger charge is 2.28. The lowest BCUT2D eigenvalue weighted by atomic mass is 10.4. The molecule has 0 fully saturated rings. The Kier molecular flexibility index (Phi) is 5.63. The van der Waals surface area contributed by atoms with Crippen LogP contribution < -0.4 is 5.32 Å². The van der Waals surface area contributed by atoms with Gasteiger partial charge in [-0.3, -0.25) is 0 Å². The highest BCUT2D eigenvalue weighted by molar-refractivity contribution is 7.89. The summed E-state index contributed by atoms with van der Waals surface area (Å²) in [7, 11) is -1.38. The van der Waals surface area contributed by atoms with Crippen LogP contribution in [-0.4, -0.2) is 44.2 Å². The summed E-state index contributed by atoms with van der Waals surface area (Å²) in [4.78, 5) is 0. The summed E-state index contributed by atoms with van der Waals surface area (Å²) in [5.41, 5.74) is 0. The Balaban J connectivity index is 4.74. The second-order valence-electron chi connectivity index (χ2n) is 3.71. The Morgan fingerprint density at radius 1 is 1.29 bits per heavy atom. The molecule has 0 aliphatic heterocycles. The van der Waals surface area contributed by atoms with Crippen molar-refractivity contribution in [2.75, 3.05) is 20.1 Å². The molecule has 0 aromatic carbocycles. The van der Waals surface area contributed by atoms with Crippen LogP contribution in [0.25, 0.3) is 0 Å². The van der Waals surface area contributed by atoms with Gasteiger partial charge in [0.05, 0.1) is 5.25 Å². The van der Waals surface area contributed by atoms with Gasteiger partial charge in [0.2, 0.25) is 10.0 Å². The van der Waals surface area contributed by atoms with Crippen molar-refractivity contribution in [2.45, 2.75) is 39.0 Å². The molecule has 0 amide bonds. The van der Waals surface area contributed by atoms with E-state index in [1.807, 2.05) is 20.8 Å². The van der Waals surface area contributed by atoms with Crippen LogP contribution in [0.5, 0.6) is 0 Å². The van der Waals surface area contributed by atoms with Crippen molar-refractivity contribution in [3.05, 3.63) is 0 Å². The molecule has 1 atom stereocenters. The van der Waals surface area contributed by atoms with E-state index in [2.05, 4.69) is 5.32 Å². The maximum Gasteiger partial charge on any atom is 0.218 e. The number of hydrogen-bond acceptors (Lipinski definition) is 3. The van der Waals surface area contributed by atoms with E-state index < -0.39 is 10.0 Å². The minimum Gasteiger partial charge on any atom is -0.318 e. The molecule has 0 radical (unpaired) electrons. The highest BCUT2D eigenvalue weighted by atomic mass is 32.2. The van der Waals surface area contributed by atoms with E-state index in [0.29, 0.717) is 13.1 Å². The summed E-state index contributed by atoms with van der Waals surface area (Å²) in [5.74, 6) is 0. The minimum atomic E-state index is -3.14. The van der Waals surface area contributed by atoms with Crippen LogP contribution in [0.1, 0.15) is 27.7 Å². The normalized spacial score (nSPS) is 15.1. The summed E-state index contributed by atoms with van der Waals surface area (Å²) in [6.07, 6.45) is 0. The second kappa shape index (κ2) is 5.68. The lowest BCUT2D eigenvalue weighted by Crippen LogP contribution is -2.44. The van der Waals surface area contributed by atoms with Crippen LogP contribution in [0.15, 0.2) is 0 Å². The molecule has 1 unspecified atom stereocenters. The average Bonchev–Trinajstić information content (AvgIpc) is 2.04. The first-order valence-electron chi connectivity index (χ1n) is 5.03. The Labute approximate surface area is 87.7 Å². The van der Waals surface area contributed by atoms with E-state index in [0.717, 1.165) is 0 Å². The first-order chi connectivity index (χ1) is 6.37. The smallest absolute Gasteiger partial charge is 0.218 e. The third kappa shape index (κ3) is 3.22. The lowest BCUT2D eigenvalue weighted by molar-refractivity contribution is 0.363. The van der Waals surface area contributed by atoms with Crippen molar-refractivity contribution in [3.8, 4) is 0 Å². The highest BCUT2D eigenvalue weighted by Crippen LogP contribution is 2.11. The van der Waals surface area contributed by atoms with Gasteiger partial charge >= 0.3 is 0 Å². The monoisotopic (exact) mass is 222 g/mol. The standard InChI is InChI=1S/C9H22N2O2S/c1-6-11(8(2)3)14(12,13)9(4)7-10-5/h8-10H,6-7H2,1-5H3. The van der Waals surface area contributed by atoms with Gasteiger partial charge in [-0.15, -0.1) is 0 Å². The molecule has 0 bridgehead atoms. The molecule has 5 heteroatoms. The minimum absolute atomic E-state index is 0.0318. The zero-order valence-electron chi connectivity index (χ0n) is 9.74. The van der Waals surface area contributed by atoms with E-state index >= 15 is 0 Å². The molecule has 0 aliphatic rings. The van der Waals surface area contributed by atoms with Crippen molar-refractivity contribution >= 4 is 10.0 Å². The molecule has 86 valence electrons. The van der Waals surface area contributed by atoms with Gasteiger partial charge in [0.1, 0.15) is 0 Å². The van der Waals surface area contributed by atoms with Gasteiger partial charge < -0.3 is 5.32 Å². The van der Waals surface area contributed by atoms with Crippen molar-refractivity contribution < 1.29 is 8.42 Å². The van der Waals surface area contributed by atoms with Crippen LogP contribution in [0, 0.1) is 0 Å². The predicted molar refractivity (Wildman–Crippen MR) is 59.8 cm³/mol. The van der Waals surface area contributed by atoms with E-state index in [1.165, 1.54) is 4.31 Å². The Morgan fingerprint density at radius 3 is 2.07 bits per heavy atom. The third-order valence-corrected chi connectivity index (χ3v) is 4.73. The molecule has 0 saturated carbocycles. The van der Waals surface area contributed by atoms with Gasteiger partial charge in [-0.1, -0.05) is 6.92 Å². The van der Waals surface area contributed by atoms with Crippen LogP contribution in [0.4, 0.5) is 0 Å². The largest absolute Gasteiger partial charge is 0.318 e. The average molecular weight is 222 g/mol. The first-order valence-corrected chi connectivity index (χ1v) is 6.53. The SMILES string of the molecule is CCN(C(C)C)S(=O)(=O)C(C)CNC. The maximum atomic E-state index is 12.0. The van der Waals surface area contributed by atoms with Crippen molar-refractivity contribution in [3.63, 3.8) is 0 Å². The van der Waals surface area contributed by atoms with Gasteiger partial charge in [0, 0.05) is 19.1 Å². The maximum absolute atomic E-state index is 12.0. The topological polar surface area (TPSA) is 49.4 Å².